The van der Waals surface area contributed by atoms with Crippen molar-refractivity contribution in [2.45, 2.75) is 6.54 Å². The van der Waals surface area contributed by atoms with Crippen molar-refractivity contribution in [3.63, 3.8) is 0 Å². The maximum atomic E-state index is 12.3. The number of rotatable bonds is 3. The lowest BCUT2D eigenvalue weighted by Gasteiger charge is -2.14. The monoisotopic (exact) mass is 373 g/mol. The molecule has 0 aliphatic carbocycles. The van der Waals surface area contributed by atoms with Crippen molar-refractivity contribution in [3.8, 4) is 0 Å². The quantitative estimate of drug-likeness (QED) is 0.612. The van der Waals surface area contributed by atoms with Crippen LogP contribution in [0.5, 0.6) is 0 Å². The van der Waals surface area contributed by atoms with Gasteiger partial charge in [0.05, 0.1) is 30.3 Å². The number of methoxy groups -OCH3 is 1. The molecule has 0 bridgehead atoms. The fourth-order valence-electron chi connectivity index (χ4n) is 2.50. The molecule has 1 aliphatic heterocycles. The Morgan fingerprint density at radius 2 is 1.70 bits per heavy atom. The number of imide groups is 1. The van der Waals surface area contributed by atoms with Gasteiger partial charge in [0.25, 0.3) is 11.8 Å². The van der Waals surface area contributed by atoms with Gasteiger partial charge in [0.15, 0.2) is 0 Å². The van der Waals surface area contributed by atoms with Gasteiger partial charge in [0, 0.05) is 4.47 Å². The van der Waals surface area contributed by atoms with Crippen LogP contribution in [-0.4, -0.2) is 29.8 Å². The summed E-state index contributed by atoms with van der Waals surface area (Å²) in [5.74, 6) is -1.07. The largest absolute Gasteiger partial charge is 0.465 e. The van der Waals surface area contributed by atoms with Crippen LogP contribution >= 0.6 is 15.9 Å². The zero-order valence-corrected chi connectivity index (χ0v) is 13.8. The average Bonchev–Trinajstić information content (AvgIpc) is 2.80. The topological polar surface area (TPSA) is 63.7 Å². The van der Waals surface area contributed by atoms with E-state index < -0.39 is 5.97 Å². The Balaban J connectivity index is 1.87. The fraction of sp³-hybridized carbons (Fsp3) is 0.118. The number of fused-ring (bicyclic) bond motifs is 1. The third-order valence-electron chi connectivity index (χ3n) is 3.66. The van der Waals surface area contributed by atoms with Crippen LogP contribution in [0.15, 0.2) is 46.9 Å². The molecule has 2 aromatic carbocycles. The number of hydrogen-bond donors (Lipinski definition) is 0. The molecule has 0 spiro atoms. The van der Waals surface area contributed by atoms with Crippen molar-refractivity contribution in [2.75, 3.05) is 7.11 Å². The number of hydrogen-bond acceptors (Lipinski definition) is 4. The summed E-state index contributed by atoms with van der Waals surface area (Å²) < 4.78 is 5.23. The van der Waals surface area contributed by atoms with E-state index in [4.69, 9.17) is 0 Å². The molecule has 0 atom stereocenters. The summed E-state index contributed by atoms with van der Waals surface area (Å²) in [5, 5.41) is 0. The second kappa shape index (κ2) is 5.96. The molecule has 1 heterocycles. The number of carbonyl (C=O) groups is 3. The molecule has 116 valence electrons. The summed E-state index contributed by atoms with van der Waals surface area (Å²) in [4.78, 5) is 37.4. The molecule has 0 aromatic heterocycles. The van der Waals surface area contributed by atoms with Crippen molar-refractivity contribution >= 4 is 33.7 Å². The Bertz CT molecular complexity index is 796. The molecule has 0 radical (unpaired) electrons. The van der Waals surface area contributed by atoms with Crippen LogP contribution in [0, 0.1) is 0 Å². The summed E-state index contributed by atoms with van der Waals surface area (Å²) >= 11 is 3.31. The Morgan fingerprint density at radius 3 is 2.22 bits per heavy atom. The van der Waals surface area contributed by atoms with Crippen LogP contribution in [-0.2, 0) is 11.3 Å². The number of amides is 2. The molecule has 0 saturated carbocycles. The molecule has 0 fully saturated rings. The van der Waals surface area contributed by atoms with Gasteiger partial charge in [-0.1, -0.05) is 18.2 Å². The van der Waals surface area contributed by atoms with Gasteiger partial charge in [-0.2, -0.15) is 0 Å². The lowest BCUT2D eigenvalue weighted by atomic mass is 10.1. The van der Waals surface area contributed by atoms with Gasteiger partial charge >= 0.3 is 5.97 Å². The summed E-state index contributed by atoms with van der Waals surface area (Å²) in [6.07, 6.45) is 0. The van der Waals surface area contributed by atoms with E-state index in [1.54, 1.807) is 42.5 Å². The first-order valence-corrected chi connectivity index (χ1v) is 7.64. The maximum absolute atomic E-state index is 12.3. The molecule has 2 aromatic rings. The Morgan fingerprint density at radius 1 is 1.09 bits per heavy atom. The molecule has 0 unspecified atom stereocenters. The number of carbonyl (C=O) groups excluding carboxylic acids is 3. The van der Waals surface area contributed by atoms with Crippen molar-refractivity contribution in [3.05, 3.63) is 69.2 Å². The summed E-state index contributed by atoms with van der Waals surface area (Å²) in [5.41, 5.74) is 1.96. The standard InChI is InChI=1S/C17H12BrNO4/c1-23-17(22)13-7-6-10(8-14(13)18)9-19-15(20)11-4-2-3-5-12(11)16(19)21/h2-8H,9H2,1H3. The number of nitrogens with zero attached hydrogens (tertiary/aromatic N) is 1. The van der Waals surface area contributed by atoms with Gasteiger partial charge < -0.3 is 4.74 Å². The molecular weight excluding hydrogens is 362 g/mol. The third kappa shape index (κ3) is 2.66. The molecular formula is C17H12BrNO4. The van der Waals surface area contributed by atoms with Crippen LogP contribution in [0.1, 0.15) is 36.6 Å². The molecule has 2 amide bonds. The van der Waals surface area contributed by atoms with E-state index in [1.165, 1.54) is 12.0 Å². The molecule has 3 rings (SSSR count). The molecule has 6 heteroatoms. The maximum Gasteiger partial charge on any atom is 0.339 e. The normalized spacial score (nSPS) is 13.2. The van der Waals surface area contributed by atoms with Gasteiger partial charge in [-0.25, -0.2) is 4.79 Å². The van der Waals surface area contributed by atoms with E-state index in [0.717, 1.165) is 5.56 Å². The predicted molar refractivity (Wildman–Crippen MR) is 86.1 cm³/mol. The SMILES string of the molecule is COC(=O)c1ccc(CN2C(=O)c3ccccc3C2=O)cc1Br. The fourth-order valence-corrected chi connectivity index (χ4v) is 3.09. The van der Waals surface area contributed by atoms with Crippen molar-refractivity contribution in [1.82, 2.24) is 4.90 Å². The van der Waals surface area contributed by atoms with Crippen molar-refractivity contribution in [2.24, 2.45) is 0 Å². The smallest absolute Gasteiger partial charge is 0.339 e. The summed E-state index contributed by atoms with van der Waals surface area (Å²) in [6, 6.07) is 11.8. The number of esters is 1. The van der Waals surface area contributed by atoms with Gasteiger partial charge in [-0.05, 0) is 45.8 Å². The number of benzene rings is 2. The van der Waals surface area contributed by atoms with E-state index in [-0.39, 0.29) is 18.4 Å². The van der Waals surface area contributed by atoms with Crippen molar-refractivity contribution in [1.29, 1.82) is 0 Å². The highest BCUT2D eigenvalue weighted by atomic mass is 79.9. The minimum Gasteiger partial charge on any atom is -0.465 e. The Labute approximate surface area is 141 Å². The third-order valence-corrected chi connectivity index (χ3v) is 4.31. The molecule has 23 heavy (non-hydrogen) atoms. The van der Waals surface area contributed by atoms with E-state index in [0.29, 0.717) is 21.2 Å². The molecule has 0 N–H and O–H groups in total. The molecule has 5 nitrogen and oxygen atoms in total. The van der Waals surface area contributed by atoms with Gasteiger partial charge in [-0.15, -0.1) is 0 Å². The van der Waals surface area contributed by atoms with E-state index >= 15 is 0 Å². The lowest BCUT2D eigenvalue weighted by Crippen LogP contribution is -2.29. The van der Waals surface area contributed by atoms with Crippen LogP contribution < -0.4 is 0 Å². The highest BCUT2D eigenvalue weighted by Crippen LogP contribution is 2.26. The van der Waals surface area contributed by atoms with E-state index in [2.05, 4.69) is 20.7 Å². The van der Waals surface area contributed by atoms with Gasteiger partial charge in [0.1, 0.15) is 0 Å². The summed E-state index contributed by atoms with van der Waals surface area (Å²) in [7, 11) is 1.31. The predicted octanol–water partition coefficient (Wildman–Crippen LogP) is 3.03. The minimum absolute atomic E-state index is 0.145. The molecule has 0 saturated heterocycles. The van der Waals surface area contributed by atoms with E-state index in [1.807, 2.05) is 0 Å². The zero-order chi connectivity index (χ0) is 16.6. The minimum atomic E-state index is -0.454. The second-order valence-electron chi connectivity index (χ2n) is 5.05. The first-order chi connectivity index (χ1) is 11.0. The van der Waals surface area contributed by atoms with Crippen LogP contribution in [0.25, 0.3) is 0 Å². The molecule has 1 aliphatic rings. The zero-order valence-electron chi connectivity index (χ0n) is 12.2. The Hall–Kier alpha value is -2.47. The first kappa shape index (κ1) is 15.4. The van der Waals surface area contributed by atoms with Gasteiger partial charge in [0.2, 0.25) is 0 Å². The Kier molecular flexibility index (Phi) is 4.00. The van der Waals surface area contributed by atoms with E-state index in [9.17, 15) is 14.4 Å². The van der Waals surface area contributed by atoms with Crippen LogP contribution in [0.4, 0.5) is 0 Å². The number of ether oxygens (including phenoxy) is 1. The highest BCUT2D eigenvalue weighted by Gasteiger charge is 2.35. The van der Waals surface area contributed by atoms with Gasteiger partial charge in [-0.3, -0.25) is 14.5 Å². The van der Waals surface area contributed by atoms with Crippen LogP contribution in [0.2, 0.25) is 0 Å². The van der Waals surface area contributed by atoms with Crippen molar-refractivity contribution < 1.29 is 19.1 Å². The highest BCUT2D eigenvalue weighted by molar-refractivity contribution is 9.10. The van der Waals surface area contributed by atoms with Crippen LogP contribution in [0.3, 0.4) is 0 Å². The second-order valence-corrected chi connectivity index (χ2v) is 5.90. The number of halogens is 1. The first-order valence-electron chi connectivity index (χ1n) is 6.85. The summed E-state index contributed by atoms with van der Waals surface area (Å²) in [6.45, 7) is 0.145. The average molecular weight is 374 g/mol. The lowest BCUT2D eigenvalue weighted by molar-refractivity contribution is 0.0595.